The van der Waals surface area contributed by atoms with Crippen LogP contribution >= 0.6 is 9.24 Å². The van der Waals surface area contributed by atoms with Crippen molar-refractivity contribution in [2.24, 2.45) is 0 Å². The number of unbranched alkanes of at least 4 members (excludes halogenated alkanes) is 1. The Morgan fingerprint density at radius 2 is 1.71 bits per heavy atom. The molecule has 0 heterocycles. The molecule has 0 aliphatic rings. The molecule has 0 fully saturated rings. The van der Waals surface area contributed by atoms with Gasteiger partial charge in [-0.25, -0.2) is 0 Å². The van der Waals surface area contributed by atoms with Crippen LogP contribution < -0.4 is 18.9 Å². The third-order valence-corrected chi connectivity index (χ3v) is 3.82. The monoisotopic (exact) mass is 290 g/mol. The molecular weight excluding hydrogens is 270 g/mol. The summed E-state index contributed by atoms with van der Waals surface area (Å²) in [5.74, 6) is 0.252. The molecule has 0 saturated carbocycles. The van der Waals surface area contributed by atoms with Crippen molar-refractivity contribution in [1.29, 1.82) is 0 Å². The SMILES string of the molecule is Cc1cccc(-c2ccccc2)c1C(=O)CCCC[PH-].[Li+]. The van der Waals surface area contributed by atoms with Crippen molar-refractivity contribution < 1.29 is 23.7 Å². The average molecular weight is 290 g/mol. The van der Waals surface area contributed by atoms with Crippen LogP contribution in [0, 0.1) is 6.92 Å². The molecule has 2 rings (SSSR count). The van der Waals surface area contributed by atoms with E-state index in [0.29, 0.717) is 6.42 Å². The molecule has 0 aromatic heterocycles. The number of hydrogen-bond acceptors (Lipinski definition) is 1. The third kappa shape index (κ3) is 4.82. The first-order valence-electron chi connectivity index (χ1n) is 7.07. The summed E-state index contributed by atoms with van der Waals surface area (Å²) >= 11 is 0. The van der Waals surface area contributed by atoms with Crippen LogP contribution in [0.1, 0.15) is 35.2 Å². The second-order valence-corrected chi connectivity index (χ2v) is 5.49. The van der Waals surface area contributed by atoms with E-state index in [9.17, 15) is 4.79 Å². The predicted molar refractivity (Wildman–Crippen MR) is 88.0 cm³/mol. The van der Waals surface area contributed by atoms with Gasteiger partial charge in [-0.2, -0.15) is 6.16 Å². The molecule has 0 atom stereocenters. The topological polar surface area (TPSA) is 17.1 Å². The van der Waals surface area contributed by atoms with Gasteiger partial charge in [0.15, 0.2) is 5.78 Å². The molecule has 0 radical (unpaired) electrons. The third-order valence-electron chi connectivity index (χ3n) is 3.47. The zero-order valence-corrected chi connectivity index (χ0v) is 13.9. The summed E-state index contributed by atoms with van der Waals surface area (Å²) in [6.07, 6.45) is 3.54. The molecule has 0 saturated heterocycles. The fourth-order valence-corrected chi connectivity index (χ4v) is 2.68. The number of hydrogen-bond donors (Lipinski definition) is 0. The number of carbonyl (C=O) groups excluding carboxylic acids is 1. The van der Waals surface area contributed by atoms with Gasteiger partial charge in [0.2, 0.25) is 0 Å². The van der Waals surface area contributed by atoms with Crippen LogP contribution in [0.25, 0.3) is 11.1 Å². The van der Waals surface area contributed by atoms with Crippen LogP contribution in [0.2, 0.25) is 0 Å². The number of Topliss-reactive ketones (excluding diaryl/α,β-unsaturated/α-hetero) is 1. The average Bonchev–Trinajstić information content (AvgIpc) is 2.48. The number of benzene rings is 2. The molecule has 2 aromatic carbocycles. The van der Waals surface area contributed by atoms with Gasteiger partial charge in [0.05, 0.1) is 0 Å². The van der Waals surface area contributed by atoms with Crippen LogP contribution in [0.4, 0.5) is 0 Å². The van der Waals surface area contributed by atoms with E-state index in [1.807, 2.05) is 43.3 Å². The normalized spacial score (nSPS) is 10.0. The molecule has 0 amide bonds. The Morgan fingerprint density at radius 3 is 2.38 bits per heavy atom. The van der Waals surface area contributed by atoms with Crippen molar-refractivity contribution >= 4 is 15.0 Å². The fraction of sp³-hybridized carbons (Fsp3) is 0.278. The minimum Gasteiger partial charge on any atom is -0.558 e. The van der Waals surface area contributed by atoms with Crippen molar-refractivity contribution in [3.8, 4) is 11.1 Å². The van der Waals surface area contributed by atoms with Crippen molar-refractivity contribution in [1.82, 2.24) is 0 Å². The maximum Gasteiger partial charge on any atom is 1.00 e. The Kier molecular flexibility index (Phi) is 7.98. The van der Waals surface area contributed by atoms with Crippen molar-refractivity contribution in [3.63, 3.8) is 0 Å². The molecule has 0 unspecified atom stereocenters. The van der Waals surface area contributed by atoms with E-state index in [1.54, 1.807) is 0 Å². The number of ketones is 1. The van der Waals surface area contributed by atoms with E-state index in [1.165, 1.54) is 0 Å². The molecule has 2 aromatic rings. The van der Waals surface area contributed by atoms with Crippen molar-refractivity contribution in [2.75, 3.05) is 6.16 Å². The van der Waals surface area contributed by atoms with E-state index in [4.69, 9.17) is 0 Å². The van der Waals surface area contributed by atoms with E-state index in [0.717, 1.165) is 41.3 Å². The smallest absolute Gasteiger partial charge is 0.558 e. The zero-order valence-electron chi connectivity index (χ0n) is 12.9. The van der Waals surface area contributed by atoms with Crippen LogP contribution in [-0.2, 0) is 0 Å². The molecule has 0 bridgehead atoms. The van der Waals surface area contributed by atoms with Gasteiger partial charge in [0.25, 0.3) is 0 Å². The minimum atomic E-state index is 0. The summed E-state index contributed by atoms with van der Waals surface area (Å²) in [7, 11) is 3.46. The van der Waals surface area contributed by atoms with Crippen molar-refractivity contribution in [3.05, 3.63) is 59.7 Å². The maximum atomic E-state index is 12.5. The number of rotatable bonds is 6. The summed E-state index contributed by atoms with van der Waals surface area (Å²) in [4.78, 5) is 12.5. The largest absolute Gasteiger partial charge is 1.00 e. The summed E-state index contributed by atoms with van der Waals surface area (Å²) in [5.41, 5.74) is 4.11. The summed E-state index contributed by atoms with van der Waals surface area (Å²) in [6, 6.07) is 16.2. The fourth-order valence-electron chi connectivity index (χ4n) is 2.43. The Labute approximate surface area is 141 Å². The quantitative estimate of drug-likeness (QED) is 0.345. The Morgan fingerprint density at radius 1 is 1.00 bits per heavy atom. The molecule has 104 valence electrons. The number of aryl methyl sites for hydroxylation is 1. The Hall–Kier alpha value is -0.863. The van der Waals surface area contributed by atoms with Gasteiger partial charge >= 0.3 is 18.9 Å². The Bertz CT molecular complexity index is 581. The summed E-state index contributed by atoms with van der Waals surface area (Å²) < 4.78 is 0. The second kappa shape index (κ2) is 9.22. The molecule has 0 aliphatic heterocycles. The van der Waals surface area contributed by atoms with Crippen LogP contribution in [0.15, 0.2) is 48.5 Å². The van der Waals surface area contributed by atoms with Crippen molar-refractivity contribution in [2.45, 2.75) is 26.2 Å². The van der Waals surface area contributed by atoms with E-state index >= 15 is 0 Å². The van der Waals surface area contributed by atoms with Gasteiger partial charge in [-0.15, -0.1) is 0 Å². The summed E-state index contributed by atoms with van der Waals surface area (Å²) in [6.45, 7) is 2.02. The van der Waals surface area contributed by atoms with E-state index in [2.05, 4.69) is 21.4 Å². The van der Waals surface area contributed by atoms with Crippen LogP contribution in [-0.4, -0.2) is 11.9 Å². The molecule has 0 aliphatic carbocycles. The minimum absolute atomic E-state index is 0. The molecule has 3 heteroatoms. The molecular formula is C18H20LiOP. The van der Waals surface area contributed by atoms with E-state index in [-0.39, 0.29) is 24.6 Å². The van der Waals surface area contributed by atoms with Gasteiger partial charge in [0, 0.05) is 12.0 Å². The van der Waals surface area contributed by atoms with Crippen LogP contribution in [0.3, 0.4) is 0 Å². The molecule has 1 nitrogen and oxygen atoms in total. The van der Waals surface area contributed by atoms with Gasteiger partial charge in [-0.05, 0) is 30.0 Å². The first kappa shape index (κ1) is 18.2. The predicted octanol–water partition coefficient (Wildman–Crippen LogP) is 2.16. The van der Waals surface area contributed by atoms with Gasteiger partial charge in [0.1, 0.15) is 0 Å². The van der Waals surface area contributed by atoms with E-state index < -0.39 is 0 Å². The first-order valence-corrected chi connectivity index (χ1v) is 7.77. The molecule has 21 heavy (non-hydrogen) atoms. The first-order chi connectivity index (χ1) is 9.74. The van der Waals surface area contributed by atoms with Gasteiger partial charge in [-0.3, -0.25) is 4.79 Å². The maximum absolute atomic E-state index is 12.5. The van der Waals surface area contributed by atoms with Gasteiger partial charge < -0.3 is 9.24 Å². The second-order valence-electron chi connectivity index (χ2n) is 4.99. The standard InChI is InChI=1S/C18H20OP.Li/c1-14-8-7-11-16(15-9-3-2-4-10-15)18(14)17(19)12-5-6-13-20;/h2-4,7-11,20H,5-6,12-13H2,1H3;/q-1;+1. The Balaban J connectivity index is 0.00000220. The summed E-state index contributed by atoms with van der Waals surface area (Å²) in [5, 5.41) is 0. The molecule has 0 N–H and O–H groups in total. The zero-order chi connectivity index (χ0) is 14.4. The van der Waals surface area contributed by atoms with Gasteiger partial charge in [-0.1, -0.05) is 55.0 Å². The van der Waals surface area contributed by atoms with Crippen LogP contribution in [0.5, 0.6) is 0 Å². The number of carbonyl (C=O) groups is 1. The molecule has 0 spiro atoms.